The van der Waals surface area contributed by atoms with E-state index in [1.54, 1.807) is 6.92 Å². The first-order chi connectivity index (χ1) is 13.1. The van der Waals surface area contributed by atoms with E-state index >= 15 is 0 Å². The number of hydrogen-bond acceptors (Lipinski definition) is 4. The second-order valence-corrected chi connectivity index (χ2v) is 7.62. The summed E-state index contributed by atoms with van der Waals surface area (Å²) in [7, 11) is 0. The SMILES string of the molecule is CC(=O)c1ccc(N2CC[NH+](Cc3cc(Cl)cc4c3OCOC4)CC2)cc1. The Morgan fingerprint density at radius 3 is 2.63 bits per heavy atom. The van der Waals surface area contributed by atoms with Crippen molar-refractivity contribution in [3.63, 3.8) is 0 Å². The molecule has 2 heterocycles. The molecule has 0 radical (unpaired) electrons. The number of quaternary nitrogens is 1. The monoisotopic (exact) mass is 387 g/mol. The van der Waals surface area contributed by atoms with Gasteiger partial charge in [0.05, 0.1) is 38.3 Å². The molecule has 6 heteroatoms. The molecule has 0 bridgehead atoms. The lowest BCUT2D eigenvalue weighted by molar-refractivity contribution is -0.914. The van der Waals surface area contributed by atoms with Gasteiger partial charge in [-0.25, -0.2) is 0 Å². The first-order valence-electron chi connectivity index (χ1n) is 9.31. The number of nitrogens with zero attached hydrogens (tertiary/aromatic N) is 1. The van der Waals surface area contributed by atoms with Crippen LogP contribution in [0.5, 0.6) is 5.75 Å². The number of halogens is 1. The number of piperazine rings is 1. The topological polar surface area (TPSA) is 43.2 Å². The smallest absolute Gasteiger partial charge is 0.189 e. The molecule has 0 saturated carbocycles. The van der Waals surface area contributed by atoms with Crippen molar-refractivity contribution in [1.29, 1.82) is 0 Å². The third kappa shape index (κ3) is 4.10. The minimum atomic E-state index is 0.105. The molecule has 27 heavy (non-hydrogen) atoms. The quantitative estimate of drug-likeness (QED) is 0.818. The zero-order chi connectivity index (χ0) is 18.8. The molecule has 5 nitrogen and oxygen atoms in total. The second kappa shape index (κ2) is 7.89. The van der Waals surface area contributed by atoms with Gasteiger partial charge >= 0.3 is 0 Å². The number of benzene rings is 2. The number of carbonyl (C=O) groups is 1. The number of hydrogen-bond donors (Lipinski definition) is 1. The third-order valence-corrected chi connectivity index (χ3v) is 5.52. The van der Waals surface area contributed by atoms with Crippen molar-refractivity contribution in [2.75, 3.05) is 37.9 Å². The molecular formula is C21H24ClN2O3+. The van der Waals surface area contributed by atoms with Crippen molar-refractivity contribution in [1.82, 2.24) is 0 Å². The van der Waals surface area contributed by atoms with Crippen LogP contribution < -0.4 is 14.5 Å². The van der Waals surface area contributed by atoms with E-state index in [0.29, 0.717) is 13.4 Å². The average Bonchev–Trinajstić information content (AvgIpc) is 2.68. The minimum absolute atomic E-state index is 0.105. The third-order valence-electron chi connectivity index (χ3n) is 5.30. The fourth-order valence-electron chi connectivity index (χ4n) is 3.82. The highest BCUT2D eigenvalue weighted by Gasteiger charge is 2.24. The van der Waals surface area contributed by atoms with Gasteiger partial charge in [-0.15, -0.1) is 0 Å². The van der Waals surface area contributed by atoms with E-state index < -0.39 is 0 Å². The van der Waals surface area contributed by atoms with Crippen LogP contribution in [0.2, 0.25) is 5.02 Å². The van der Waals surface area contributed by atoms with Crippen molar-refractivity contribution in [2.24, 2.45) is 0 Å². The van der Waals surface area contributed by atoms with E-state index in [0.717, 1.165) is 60.2 Å². The van der Waals surface area contributed by atoms with Gasteiger partial charge in [0.2, 0.25) is 0 Å². The molecule has 0 aliphatic carbocycles. The summed E-state index contributed by atoms with van der Waals surface area (Å²) in [5.74, 6) is 1.05. The summed E-state index contributed by atoms with van der Waals surface area (Å²) in [6.07, 6.45) is 0. The largest absolute Gasteiger partial charge is 0.467 e. The summed E-state index contributed by atoms with van der Waals surface area (Å²) in [5.41, 5.74) is 4.14. The molecule has 1 fully saturated rings. The molecule has 4 rings (SSSR count). The van der Waals surface area contributed by atoms with E-state index in [1.165, 1.54) is 10.6 Å². The fourth-order valence-corrected chi connectivity index (χ4v) is 4.09. The van der Waals surface area contributed by atoms with Gasteiger partial charge in [0.1, 0.15) is 12.3 Å². The Kier molecular flexibility index (Phi) is 5.34. The molecule has 1 saturated heterocycles. The van der Waals surface area contributed by atoms with Gasteiger partial charge in [-0.05, 0) is 43.3 Å². The van der Waals surface area contributed by atoms with E-state index in [1.807, 2.05) is 36.4 Å². The highest BCUT2D eigenvalue weighted by atomic mass is 35.5. The lowest BCUT2D eigenvalue weighted by Crippen LogP contribution is -3.13. The Morgan fingerprint density at radius 2 is 1.93 bits per heavy atom. The predicted molar refractivity (Wildman–Crippen MR) is 105 cm³/mol. The number of ketones is 1. The molecule has 0 atom stereocenters. The summed E-state index contributed by atoms with van der Waals surface area (Å²) >= 11 is 6.29. The maximum Gasteiger partial charge on any atom is 0.189 e. The van der Waals surface area contributed by atoms with Crippen LogP contribution in [-0.2, 0) is 17.9 Å². The molecule has 2 aromatic rings. The Balaban J connectivity index is 1.40. The van der Waals surface area contributed by atoms with Crippen molar-refractivity contribution >= 4 is 23.1 Å². The number of Topliss-reactive ketones (excluding diaryl/α,β-unsaturated/α-hetero) is 1. The summed E-state index contributed by atoms with van der Waals surface area (Å²) in [5, 5.41) is 0.737. The van der Waals surface area contributed by atoms with Gasteiger partial charge < -0.3 is 19.3 Å². The van der Waals surface area contributed by atoms with Crippen molar-refractivity contribution < 1.29 is 19.2 Å². The Hall–Kier alpha value is -2.08. The molecule has 1 N–H and O–H groups in total. The van der Waals surface area contributed by atoms with Gasteiger partial charge in [-0.3, -0.25) is 4.79 Å². The maximum atomic E-state index is 11.4. The lowest BCUT2D eigenvalue weighted by Gasteiger charge is -2.34. The molecule has 142 valence electrons. The number of rotatable bonds is 4. The van der Waals surface area contributed by atoms with E-state index in [9.17, 15) is 4.79 Å². The van der Waals surface area contributed by atoms with Gasteiger partial charge in [0.25, 0.3) is 0 Å². The standard InChI is InChI=1S/C21H23ClN2O3/c1-15(25)16-2-4-20(5-3-16)24-8-6-23(7-9-24)12-17-10-19(22)11-18-13-26-14-27-21(17)18/h2-5,10-11H,6-9,12-14H2,1H3/p+1. The highest BCUT2D eigenvalue weighted by molar-refractivity contribution is 6.30. The number of nitrogens with one attached hydrogen (secondary N) is 1. The van der Waals surface area contributed by atoms with Crippen LogP contribution >= 0.6 is 11.6 Å². The maximum absolute atomic E-state index is 11.4. The Bertz CT molecular complexity index is 830. The van der Waals surface area contributed by atoms with Gasteiger partial charge in [-0.2, -0.15) is 0 Å². The molecule has 0 spiro atoms. The molecular weight excluding hydrogens is 364 g/mol. The molecule has 0 unspecified atom stereocenters. The van der Waals surface area contributed by atoms with Crippen LogP contribution in [-0.4, -0.2) is 38.8 Å². The van der Waals surface area contributed by atoms with Crippen LogP contribution in [0, 0.1) is 0 Å². The fraction of sp³-hybridized carbons (Fsp3) is 0.381. The first kappa shape index (κ1) is 18.3. The van der Waals surface area contributed by atoms with Gasteiger partial charge in [0.15, 0.2) is 12.6 Å². The van der Waals surface area contributed by atoms with E-state index in [-0.39, 0.29) is 5.78 Å². The Labute approximate surface area is 164 Å². The molecule has 2 aromatic carbocycles. The van der Waals surface area contributed by atoms with Crippen molar-refractivity contribution in [3.05, 3.63) is 58.1 Å². The number of anilines is 1. The molecule has 2 aliphatic heterocycles. The summed E-state index contributed by atoms with van der Waals surface area (Å²) in [6, 6.07) is 11.9. The van der Waals surface area contributed by atoms with Gasteiger partial charge in [-0.1, -0.05) is 11.6 Å². The molecule has 2 aliphatic rings. The van der Waals surface area contributed by atoms with Crippen molar-refractivity contribution in [3.8, 4) is 5.75 Å². The summed E-state index contributed by atoms with van der Waals surface area (Å²) < 4.78 is 11.1. The lowest BCUT2D eigenvalue weighted by atomic mass is 10.1. The number of carbonyl (C=O) groups excluding carboxylic acids is 1. The second-order valence-electron chi connectivity index (χ2n) is 7.18. The first-order valence-corrected chi connectivity index (χ1v) is 9.69. The van der Waals surface area contributed by atoms with Crippen LogP contribution in [0.25, 0.3) is 0 Å². The highest BCUT2D eigenvalue weighted by Crippen LogP contribution is 2.31. The Morgan fingerprint density at radius 1 is 1.19 bits per heavy atom. The van der Waals surface area contributed by atoms with Crippen LogP contribution in [0.4, 0.5) is 5.69 Å². The van der Waals surface area contributed by atoms with E-state index in [2.05, 4.69) is 4.90 Å². The predicted octanol–water partition coefficient (Wildman–Crippen LogP) is 2.31. The van der Waals surface area contributed by atoms with Gasteiger partial charge in [0, 0.05) is 21.8 Å². The normalized spacial score (nSPS) is 17.3. The van der Waals surface area contributed by atoms with Crippen LogP contribution in [0.1, 0.15) is 28.4 Å². The number of fused-ring (bicyclic) bond motifs is 1. The molecule has 0 amide bonds. The van der Waals surface area contributed by atoms with Crippen LogP contribution in [0.15, 0.2) is 36.4 Å². The minimum Gasteiger partial charge on any atom is -0.467 e. The van der Waals surface area contributed by atoms with Crippen molar-refractivity contribution in [2.45, 2.75) is 20.1 Å². The zero-order valence-electron chi connectivity index (χ0n) is 15.5. The summed E-state index contributed by atoms with van der Waals surface area (Å²) in [4.78, 5) is 15.3. The van der Waals surface area contributed by atoms with E-state index in [4.69, 9.17) is 21.1 Å². The number of ether oxygens (including phenoxy) is 2. The molecule has 0 aromatic heterocycles. The summed E-state index contributed by atoms with van der Waals surface area (Å²) in [6.45, 7) is 7.44. The van der Waals surface area contributed by atoms with Crippen LogP contribution in [0.3, 0.4) is 0 Å². The average molecular weight is 388 g/mol. The zero-order valence-corrected chi connectivity index (χ0v) is 16.2.